The van der Waals surface area contributed by atoms with Crippen LogP contribution in [0, 0.1) is 0 Å². The third-order valence-electron chi connectivity index (χ3n) is 4.53. The van der Waals surface area contributed by atoms with Gasteiger partial charge in [-0.2, -0.15) is 0 Å². The third kappa shape index (κ3) is 4.78. The van der Waals surface area contributed by atoms with Gasteiger partial charge >= 0.3 is 5.97 Å². The van der Waals surface area contributed by atoms with E-state index < -0.39 is 5.97 Å². The molecule has 1 aromatic carbocycles. The van der Waals surface area contributed by atoms with E-state index in [-0.39, 0.29) is 0 Å². The molecule has 1 fully saturated rings. The molecule has 6 heteroatoms. The zero-order chi connectivity index (χ0) is 18.2. The van der Waals surface area contributed by atoms with E-state index in [1.54, 1.807) is 12.1 Å². The van der Waals surface area contributed by atoms with Gasteiger partial charge in [-0.05, 0) is 31.4 Å². The highest BCUT2D eigenvalue weighted by Crippen LogP contribution is 2.38. The first kappa shape index (κ1) is 19.4. The number of methoxy groups -OCH3 is 3. The Kier molecular flexibility index (Phi) is 7.37. The summed E-state index contributed by atoms with van der Waals surface area (Å²) in [6, 6.07) is 3.54. The first-order valence-corrected chi connectivity index (χ1v) is 8.93. The normalized spacial score (nSPS) is 15.1. The number of benzene rings is 1. The number of hydrogen-bond acceptors (Lipinski definition) is 6. The lowest BCUT2D eigenvalue weighted by Gasteiger charge is -2.32. The summed E-state index contributed by atoms with van der Waals surface area (Å²) >= 11 is 0. The fraction of sp³-hybridized carbons (Fsp3) is 0.632. The number of carbonyl (C=O) groups excluding carboxylic acids is 1. The maximum atomic E-state index is 12.7. The van der Waals surface area contributed by atoms with Crippen LogP contribution in [-0.2, 0) is 4.84 Å². The number of hydroxylamine groups is 2. The number of ether oxygens (including phenoxy) is 3. The molecule has 0 amide bonds. The van der Waals surface area contributed by atoms with Crippen LogP contribution in [0.25, 0.3) is 0 Å². The molecular weight excluding hydrogens is 322 g/mol. The number of rotatable bonds is 8. The van der Waals surface area contributed by atoms with Crippen LogP contribution in [0.1, 0.15) is 55.8 Å². The van der Waals surface area contributed by atoms with Crippen molar-refractivity contribution < 1.29 is 23.8 Å². The first-order chi connectivity index (χ1) is 12.1. The molecule has 1 aromatic rings. The van der Waals surface area contributed by atoms with Gasteiger partial charge in [0.05, 0.1) is 26.9 Å². The average molecular weight is 351 g/mol. The summed E-state index contributed by atoms with van der Waals surface area (Å²) in [5.41, 5.74) is 0.381. The van der Waals surface area contributed by atoms with Crippen molar-refractivity contribution in [2.45, 2.75) is 51.5 Å². The summed E-state index contributed by atoms with van der Waals surface area (Å²) in [7, 11) is 4.58. The minimum absolute atomic E-state index is 0.305. The van der Waals surface area contributed by atoms with Crippen molar-refractivity contribution in [3.05, 3.63) is 17.7 Å². The molecule has 0 unspecified atom stereocenters. The summed E-state index contributed by atoms with van der Waals surface area (Å²) in [4.78, 5) is 18.4. The second kappa shape index (κ2) is 9.51. The average Bonchev–Trinajstić information content (AvgIpc) is 2.66. The van der Waals surface area contributed by atoms with Crippen molar-refractivity contribution in [2.75, 3.05) is 27.9 Å². The van der Waals surface area contributed by atoms with E-state index in [0.29, 0.717) is 28.9 Å². The van der Waals surface area contributed by atoms with Crippen molar-refractivity contribution >= 4 is 5.97 Å². The summed E-state index contributed by atoms with van der Waals surface area (Å²) in [6.45, 7) is 2.82. The highest BCUT2D eigenvalue weighted by atomic mass is 16.7. The Balaban J connectivity index is 2.20. The maximum Gasteiger partial charge on any atom is 0.357 e. The molecule has 0 bridgehead atoms. The second-order valence-corrected chi connectivity index (χ2v) is 6.23. The van der Waals surface area contributed by atoms with Crippen LogP contribution in [0.15, 0.2) is 12.1 Å². The number of carbonyl (C=O) groups is 1. The SMILES string of the molecule is CCCN(OC(=O)c1cc(OC)c(OC)c(OC)c1)C1CCCCC1. The van der Waals surface area contributed by atoms with Gasteiger partial charge in [-0.25, -0.2) is 4.79 Å². The van der Waals surface area contributed by atoms with Gasteiger partial charge in [-0.3, -0.25) is 0 Å². The summed E-state index contributed by atoms with van der Waals surface area (Å²) in [6.07, 6.45) is 6.71. The molecule has 0 N–H and O–H groups in total. The van der Waals surface area contributed by atoms with Crippen molar-refractivity contribution in [1.29, 1.82) is 0 Å². The van der Waals surface area contributed by atoms with Gasteiger partial charge in [0.25, 0.3) is 0 Å². The fourth-order valence-electron chi connectivity index (χ4n) is 3.25. The van der Waals surface area contributed by atoms with E-state index in [1.807, 2.05) is 5.06 Å². The summed E-state index contributed by atoms with van der Waals surface area (Å²) in [5, 5.41) is 1.85. The predicted molar refractivity (Wildman–Crippen MR) is 95.4 cm³/mol. The van der Waals surface area contributed by atoms with Gasteiger partial charge in [0.2, 0.25) is 5.75 Å². The van der Waals surface area contributed by atoms with E-state index in [1.165, 1.54) is 40.6 Å². The molecule has 0 atom stereocenters. The monoisotopic (exact) mass is 351 g/mol. The predicted octanol–water partition coefficient (Wildman–Crippen LogP) is 3.83. The minimum atomic E-state index is -0.404. The van der Waals surface area contributed by atoms with Gasteiger partial charge in [0.15, 0.2) is 11.5 Å². The molecule has 0 heterocycles. The van der Waals surface area contributed by atoms with Gasteiger partial charge in [-0.15, -0.1) is 5.06 Å². The van der Waals surface area contributed by atoms with Crippen molar-refractivity contribution in [3.63, 3.8) is 0 Å². The second-order valence-electron chi connectivity index (χ2n) is 6.23. The lowest BCUT2D eigenvalue weighted by Crippen LogP contribution is -2.39. The zero-order valence-electron chi connectivity index (χ0n) is 15.7. The molecule has 0 spiro atoms. The maximum absolute atomic E-state index is 12.7. The molecule has 0 radical (unpaired) electrons. The standard InChI is InChI=1S/C19H29NO5/c1-5-11-20(15-9-7-6-8-10-15)25-19(21)14-12-16(22-2)18(24-4)17(13-14)23-3/h12-13,15H,5-11H2,1-4H3. The van der Waals surface area contributed by atoms with Crippen molar-refractivity contribution in [3.8, 4) is 17.2 Å². The molecule has 0 saturated heterocycles. The van der Waals surface area contributed by atoms with Gasteiger partial charge in [0, 0.05) is 12.6 Å². The summed E-state index contributed by atoms with van der Waals surface area (Å²) < 4.78 is 15.9. The Morgan fingerprint density at radius 1 is 1.04 bits per heavy atom. The Hall–Kier alpha value is -1.95. The van der Waals surface area contributed by atoms with Crippen LogP contribution in [-0.4, -0.2) is 44.9 Å². The Morgan fingerprint density at radius 3 is 2.12 bits per heavy atom. The topological polar surface area (TPSA) is 57.2 Å². The molecule has 25 heavy (non-hydrogen) atoms. The van der Waals surface area contributed by atoms with Crippen LogP contribution in [0.2, 0.25) is 0 Å². The summed E-state index contributed by atoms with van der Waals surface area (Å²) in [5.74, 6) is 0.930. The quantitative estimate of drug-likeness (QED) is 0.664. The molecule has 2 rings (SSSR count). The molecule has 1 aliphatic carbocycles. The van der Waals surface area contributed by atoms with Crippen LogP contribution >= 0.6 is 0 Å². The first-order valence-electron chi connectivity index (χ1n) is 8.93. The largest absolute Gasteiger partial charge is 0.493 e. The number of nitrogens with zero attached hydrogens (tertiary/aromatic N) is 1. The van der Waals surface area contributed by atoms with E-state index in [4.69, 9.17) is 19.0 Å². The van der Waals surface area contributed by atoms with Crippen LogP contribution in [0.3, 0.4) is 0 Å². The van der Waals surface area contributed by atoms with Crippen LogP contribution < -0.4 is 14.2 Å². The van der Waals surface area contributed by atoms with E-state index in [0.717, 1.165) is 25.8 Å². The van der Waals surface area contributed by atoms with Crippen molar-refractivity contribution in [2.24, 2.45) is 0 Å². The van der Waals surface area contributed by atoms with Gasteiger partial charge in [-0.1, -0.05) is 26.2 Å². The molecule has 0 aromatic heterocycles. The lowest BCUT2D eigenvalue weighted by atomic mass is 9.95. The highest BCUT2D eigenvalue weighted by Gasteiger charge is 2.26. The highest BCUT2D eigenvalue weighted by molar-refractivity contribution is 5.91. The van der Waals surface area contributed by atoms with E-state index >= 15 is 0 Å². The Labute approximate surface area is 149 Å². The van der Waals surface area contributed by atoms with Gasteiger partial charge in [0.1, 0.15) is 0 Å². The van der Waals surface area contributed by atoms with E-state index in [9.17, 15) is 4.79 Å². The molecular formula is C19H29NO5. The third-order valence-corrected chi connectivity index (χ3v) is 4.53. The van der Waals surface area contributed by atoms with Gasteiger partial charge < -0.3 is 19.0 Å². The van der Waals surface area contributed by atoms with Crippen molar-refractivity contribution in [1.82, 2.24) is 5.06 Å². The smallest absolute Gasteiger partial charge is 0.357 e. The fourth-order valence-corrected chi connectivity index (χ4v) is 3.25. The Morgan fingerprint density at radius 2 is 1.64 bits per heavy atom. The molecule has 0 aliphatic heterocycles. The molecule has 140 valence electrons. The number of hydrogen-bond donors (Lipinski definition) is 0. The lowest BCUT2D eigenvalue weighted by molar-refractivity contribution is -0.144. The molecule has 1 aliphatic rings. The van der Waals surface area contributed by atoms with E-state index in [2.05, 4.69) is 6.92 Å². The van der Waals surface area contributed by atoms with Crippen LogP contribution in [0.5, 0.6) is 17.2 Å². The molecule has 1 saturated carbocycles. The molecule has 6 nitrogen and oxygen atoms in total. The zero-order valence-corrected chi connectivity index (χ0v) is 15.7. The van der Waals surface area contributed by atoms with Crippen LogP contribution in [0.4, 0.5) is 0 Å². The Bertz CT molecular complexity index is 544. The minimum Gasteiger partial charge on any atom is -0.493 e.